The molecule has 5 heteroatoms. The van der Waals surface area contributed by atoms with Crippen molar-refractivity contribution in [3.63, 3.8) is 0 Å². The molecule has 102 valence electrons. The highest BCUT2D eigenvalue weighted by Gasteiger charge is 2.23. The number of benzene rings is 1. The van der Waals surface area contributed by atoms with Crippen LogP contribution in [0, 0.1) is 0 Å². The number of para-hydroxylation sites is 1. The van der Waals surface area contributed by atoms with Crippen molar-refractivity contribution in [3.8, 4) is 11.7 Å². The third-order valence-corrected chi connectivity index (χ3v) is 3.03. The summed E-state index contributed by atoms with van der Waals surface area (Å²) in [4.78, 5) is 15.4. The molecule has 0 unspecified atom stereocenters. The predicted octanol–water partition coefficient (Wildman–Crippen LogP) is 3.91. The van der Waals surface area contributed by atoms with Gasteiger partial charge in [-0.05, 0) is 18.1 Å². The zero-order valence-corrected chi connectivity index (χ0v) is 11.1. The lowest BCUT2D eigenvalue weighted by atomic mass is 10.1. The molecule has 0 bridgehead atoms. The summed E-state index contributed by atoms with van der Waals surface area (Å²) >= 11 is 0. The van der Waals surface area contributed by atoms with Crippen LogP contribution >= 0.6 is 0 Å². The van der Waals surface area contributed by atoms with Crippen molar-refractivity contribution in [1.82, 2.24) is 4.98 Å². The number of furan rings is 1. The molecule has 2 aromatic heterocycles. The lowest BCUT2D eigenvalue weighted by Gasteiger charge is -1.98. The van der Waals surface area contributed by atoms with Crippen molar-refractivity contribution in [2.45, 2.75) is 19.8 Å². The first kappa shape index (κ1) is 12.5. The van der Waals surface area contributed by atoms with Crippen LogP contribution in [0.3, 0.4) is 0 Å². The summed E-state index contributed by atoms with van der Waals surface area (Å²) in [6, 6.07) is 9.31. The Morgan fingerprint density at radius 3 is 2.60 bits per heavy atom. The highest BCUT2D eigenvalue weighted by molar-refractivity contribution is 5.87. The second-order valence-corrected chi connectivity index (χ2v) is 4.84. The molecule has 0 radical (unpaired) electrons. The Morgan fingerprint density at radius 1 is 1.25 bits per heavy atom. The molecule has 0 fully saturated rings. The molecule has 1 N–H and O–H groups in total. The third kappa shape index (κ3) is 1.97. The van der Waals surface area contributed by atoms with E-state index in [9.17, 15) is 4.79 Å². The topological polar surface area (TPSA) is 76.5 Å². The molecular weight excluding hydrogens is 258 g/mol. The largest absolute Gasteiger partial charge is 0.475 e. The molecule has 0 amide bonds. The standard InChI is InChI=1S/C15H13NO4/c1-8(2)12-13(15(17)18)20-14(16-12)11-7-9-5-3-4-6-10(9)19-11/h3-8H,1-2H3,(H,17,18). The number of fused-ring (bicyclic) bond motifs is 1. The van der Waals surface area contributed by atoms with Gasteiger partial charge in [-0.1, -0.05) is 32.0 Å². The zero-order chi connectivity index (χ0) is 14.3. The van der Waals surface area contributed by atoms with Gasteiger partial charge in [0.2, 0.25) is 5.76 Å². The zero-order valence-electron chi connectivity index (χ0n) is 11.1. The molecule has 1 aromatic carbocycles. The number of aromatic nitrogens is 1. The van der Waals surface area contributed by atoms with E-state index in [0.717, 1.165) is 5.39 Å². The second-order valence-electron chi connectivity index (χ2n) is 4.84. The summed E-state index contributed by atoms with van der Waals surface area (Å²) in [6.07, 6.45) is 0. The summed E-state index contributed by atoms with van der Waals surface area (Å²) in [5.74, 6) is -0.662. The van der Waals surface area contributed by atoms with Gasteiger partial charge in [0.1, 0.15) is 5.58 Å². The Labute approximate surface area is 114 Å². The van der Waals surface area contributed by atoms with Crippen molar-refractivity contribution >= 4 is 16.9 Å². The van der Waals surface area contributed by atoms with Gasteiger partial charge in [0.15, 0.2) is 5.76 Å². The van der Waals surface area contributed by atoms with Gasteiger partial charge in [-0.2, -0.15) is 0 Å². The molecule has 0 aliphatic heterocycles. The summed E-state index contributed by atoms with van der Waals surface area (Å²) < 4.78 is 11.0. The molecule has 0 saturated heterocycles. The second kappa shape index (κ2) is 4.52. The van der Waals surface area contributed by atoms with E-state index in [1.807, 2.05) is 38.1 Å². The SMILES string of the molecule is CC(C)c1nc(-c2cc3ccccc3o2)oc1C(=O)O. The van der Waals surface area contributed by atoms with Crippen LogP contribution < -0.4 is 0 Å². The average molecular weight is 271 g/mol. The molecule has 0 atom stereocenters. The van der Waals surface area contributed by atoms with Gasteiger partial charge in [0, 0.05) is 5.39 Å². The first-order chi connectivity index (χ1) is 9.56. The normalized spacial score (nSPS) is 11.3. The minimum atomic E-state index is -1.12. The Hall–Kier alpha value is -2.56. The van der Waals surface area contributed by atoms with Crippen LogP contribution in [0.2, 0.25) is 0 Å². The molecule has 5 nitrogen and oxygen atoms in total. The minimum absolute atomic E-state index is 0.0389. The fourth-order valence-electron chi connectivity index (χ4n) is 2.07. The van der Waals surface area contributed by atoms with Crippen molar-refractivity contribution in [1.29, 1.82) is 0 Å². The number of oxazole rings is 1. The van der Waals surface area contributed by atoms with E-state index in [2.05, 4.69) is 4.98 Å². The maximum Gasteiger partial charge on any atom is 0.373 e. The van der Waals surface area contributed by atoms with Crippen molar-refractivity contribution in [2.24, 2.45) is 0 Å². The molecule has 0 aliphatic carbocycles. The Kier molecular flexibility index (Phi) is 2.82. The third-order valence-electron chi connectivity index (χ3n) is 3.03. The molecule has 0 spiro atoms. The first-order valence-electron chi connectivity index (χ1n) is 6.29. The van der Waals surface area contributed by atoms with Crippen LogP contribution in [-0.2, 0) is 0 Å². The minimum Gasteiger partial charge on any atom is -0.475 e. The first-order valence-corrected chi connectivity index (χ1v) is 6.29. The molecule has 20 heavy (non-hydrogen) atoms. The highest BCUT2D eigenvalue weighted by atomic mass is 16.4. The van der Waals surface area contributed by atoms with E-state index >= 15 is 0 Å². The van der Waals surface area contributed by atoms with E-state index in [1.165, 1.54) is 0 Å². The van der Waals surface area contributed by atoms with Crippen LogP contribution in [0.4, 0.5) is 0 Å². The van der Waals surface area contributed by atoms with Gasteiger partial charge in [0.25, 0.3) is 5.89 Å². The maximum atomic E-state index is 11.2. The molecule has 0 saturated carbocycles. The molecule has 3 aromatic rings. The van der Waals surface area contributed by atoms with E-state index in [1.54, 1.807) is 6.07 Å². The highest BCUT2D eigenvalue weighted by Crippen LogP contribution is 2.30. The van der Waals surface area contributed by atoms with Gasteiger partial charge in [-0.15, -0.1) is 0 Å². The van der Waals surface area contributed by atoms with Crippen LogP contribution in [0.1, 0.15) is 36.0 Å². The van der Waals surface area contributed by atoms with E-state index in [4.69, 9.17) is 13.9 Å². The molecule has 3 rings (SSSR count). The van der Waals surface area contributed by atoms with Crippen molar-refractivity contribution < 1.29 is 18.7 Å². The van der Waals surface area contributed by atoms with E-state index < -0.39 is 5.97 Å². The van der Waals surface area contributed by atoms with Crippen molar-refractivity contribution in [2.75, 3.05) is 0 Å². The van der Waals surface area contributed by atoms with Crippen LogP contribution in [0.15, 0.2) is 39.2 Å². The number of carbonyl (C=O) groups is 1. The van der Waals surface area contributed by atoms with E-state index in [0.29, 0.717) is 17.0 Å². The summed E-state index contributed by atoms with van der Waals surface area (Å²) in [6.45, 7) is 3.74. The molecule has 2 heterocycles. The van der Waals surface area contributed by atoms with Gasteiger partial charge in [-0.25, -0.2) is 9.78 Å². The summed E-state index contributed by atoms with van der Waals surface area (Å²) in [7, 11) is 0. The van der Waals surface area contributed by atoms with E-state index in [-0.39, 0.29) is 17.6 Å². The number of hydrogen-bond donors (Lipinski definition) is 1. The number of hydrogen-bond acceptors (Lipinski definition) is 4. The van der Waals surface area contributed by atoms with Gasteiger partial charge >= 0.3 is 5.97 Å². The van der Waals surface area contributed by atoms with Crippen LogP contribution in [0.25, 0.3) is 22.6 Å². The lowest BCUT2D eigenvalue weighted by molar-refractivity contribution is 0.0661. The summed E-state index contributed by atoms with van der Waals surface area (Å²) in [5, 5.41) is 10.1. The smallest absolute Gasteiger partial charge is 0.373 e. The maximum absolute atomic E-state index is 11.2. The lowest BCUT2D eigenvalue weighted by Crippen LogP contribution is -2.01. The number of rotatable bonds is 3. The number of nitrogens with zero attached hydrogens (tertiary/aromatic N) is 1. The predicted molar refractivity (Wildman–Crippen MR) is 72.8 cm³/mol. The molecular formula is C15H13NO4. The fourth-order valence-corrected chi connectivity index (χ4v) is 2.07. The molecule has 0 aliphatic rings. The van der Waals surface area contributed by atoms with Gasteiger partial charge in [0.05, 0.1) is 5.69 Å². The van der Waals surface area contributed by atoms with Crippen molar-refractivity contribution in [3.05, 3.63) is 41.8 Å². The number of carboxylic acids is 1. The average Bonchev–Trinajstić information content (AvgIpc) is 3.02. The quantitative estimate of drug-likeness (QED) is 0.781. The van der Waals surface area contributed by atoms with Gasteiger partial charge in [-0.3, -0.25) is 0 Å². The monoisotopic (exact) mass is 271 g/mol. The Balaban J connectivity index is 2.14. The fraction of sp³-hybridized carbons (Fsp3) is 0.200. The van der Waals surface area contributed by atoms with Gasteiger partial charge < -0.3 is 13.9 Å². The Morgan fingerprint density at radius 2 is 2.00 bits per heavy atom. The van der Waals surface area contributed by atoms with Crippen LogP contribution in [0.5, 0.6) is 0 Å². The number of carboxylic acid groups (broad SMARTS) is 1. The summed E-state index contributed by atoms with van der Waals surface area (Å²) in [5.41, 5.74) is 1.14. The number of aromatic carboxylic acids is 1. The van der Waals surface area contributed by atoms with Crippen LogP contribution in [-0.4, -0.2) is 16.1 Å². The Bertz CT molecular complexity index is 749.